The summed E-state index contributed by atoms with van der Waals surface area (Å²) in [6, 6.07) is 8.45. The number of fused-ring (bicyclic) bond motifs is 4. The van der Waals surface area contributed by atoms with E-state index in [-0.39, 0.29) is 24.4 Å². The highest BCUT2D eigenvalue weighted by Crippen LogP contribution is 2.24. The Hall–Kier alpha value is -3.29. The van der Waals surface area contributed by atoms with Gasteiger partial charge in [0, 0.05) is 38.6 Å². The standard InChI is InChI=1S/C25H31N5O3/c1-27-13-14-30-24(27)22(17-26-30)25(32)28-11-5-15-33-21-8-4-6-19(16-21)9-10-20-7-2-3-12-29(20)23(31)18-28/h4,6,8,13-14,16-17,20H,2-3,5,7,9-12,15,18H2,1H3. The van der Waals surface area contributed by atoms with E-state index in [1.54, 1.807) is 15.6 Å². The minimum Gasteiger partial charge on any atom is -0.494 e. The van der Waals surface area contributed by atoms with Crippen molar-refractivity contribution < 1.29 is 14.3 Å². The molecule has 0 N–H and O–H groups in total. The van der Waals surface area contributed by atoms with Crippen molar-refractivity contribution in [1.82, 2.24) is 24.0 Å². The number of aryl methyl sites for hydroxylation is 2. The molecule has 2 aliphatic rings. The number of aromatic nitrogens is 3. The number of carbonyl (C=O) groups excluding carboxylic acids is 2. The van der Waals surface area contributed by atoms with Gasteiger partial charge in [-0.15, -0.1) is 0 Å². The summed E-state index contributed by atoms with van der Waals surface area (Å²) in [5.41, 5.74) is 2.49. The van der Waals surface area contributed by atoms with Crippen molar-refractivity contribution in [3.63, 3.8) is 0 Å². The quantitative estimate of drug-likeness (QED) is 0.573. The van der Waals surface area contributed by atoms with Gasteiger partial charge >= 0.3 is 0 Å². The molecule has 1 atom stereocenters. The molecular formula is C25H31N5O3. The Balaban J connectivity index is 1.42. The fourth-order valence-electron chi connectivity index (χ4n) is 5.08. The largest absolute Gasteiger partial charge is 0.494 e. The maximum absolute atomic E-state index is 13.6. The lowest BCUT2D eigenvalue weighted by atomic mass is 9.95. The fourth-order valence-corrected chi connectivity index (χ4v) is 5.08. The lowest BCUT2D eigenvalue weighted by molar-refractivity contribution is -0.135. The predicted molar refractivity (Wildman–Crippen MR) is 124 cm³/mol. The SMILES string of the molecule is Cn1ccn2ncc(C(=O)N3CCCOc4cccc(c4)CCC4CCCCN4C(=O)C3)c12. The first-order valence-corrected chi connectivity index (χ1v) is 11.9. The van der Waals surface area contributed by atoms with Gasteiger partial charge in [-0.1, -0.05) is 12.1 Å². The van der Waals surface area contributed by atoms with E-state index in [9.17, 15) is 9.59 Å². The van der Waals surface area contributed by atoms with Crippen molar-refractivity contribution in [3.05, 3.63) is 54.0 Å². The average Bonchev–Trinajstić information content (AvgIpc) is 3.42. The van der Waals surface area contributed by atoms with Crippen LogP contribution in [0.25, 0.3) is 5.65 Å². The van der Waals surface area contributed by atoms with E-state index >= 15 is 0 Å². The maximum atomic E-state index is 13.6. The first-order valence-electron chi connectivity index (χ1n) is 11.9. The van der Waals surface area contributed by atoms with E-state index in [1.165, 1.54) is 5.56 Å². The number of hydrogen-bond acceptors (Lipinski definition) is 4. The van der Waals surface area contributed by atoms with E-state index < -0.39 is 0 Å². The first-order chi connectivity index (χ1) is 16.1. The molecule has 8 heteroatoms. The molecule has 174 valence electrons. The smallest absolute Gasteiger partial charge is 0.259 e. The number of carbonyl (C=O) groups is 2. The zero-order chi connectivity index (χ0) is 22.8. The van der Waals surface area contributed by atoms with Gasteiger partial charge in [0.15, 0.2) is 0 Å². The number of imidazole rings is 1. The molecule has 2 aliphatic heterocycles. The van der Waals surface area contributed by atoms with Crippen molar-refractivity contribution in [1.29, 1.82) is 0 Å². The Kier molecular flexibility index (Phi) is 6.07. The van der Waals surface area contributed by atoms with E-state index in [2.05, 4.69) is 17.2 Å². The minimum atomic E-state index is -0.164. The molecule has 1 fully saturated rings. The second-order valence-electron chi connectivity index (χ2n) is 9.09. The van der Waals surface area contributed by atoms with Crippen LogP contribution in [0.1, 0.15) is 48.0 Å². The molecule has 2 amide bonds. The van der Waals surface area contributed by atoms with Crippen LogP contribution in [0.2, 0.25) is 0 Å². The van der Waals surface area contributed by atoms with Gasteiger partial charge in [0.05, 0.1) is 12.8 Å². The third-order valence-electron chi connectivity index (χ3n) is 6.83. The van der Waals surface area contributed by atoms with Gasteiger partial charge in [-0.05, 0) is 56.2 Å². The summed E-state index contributed by atoms with van der Waals surface area (Å²) >= 11 is 0. The number of amides is 2. The Labute approximate surface area is 193 Å². The summed E-state index contributed by atoms with van der Waals surface area (Å²) in [6.07, 6.45) is 10.9. The van der Waals surface area contributed by atoms with Gasteiger partial charge in [-0.25, -0.2) is 4.52 Å². The molecule has 1 aromatic carbocycles. The summed E-state index contributed by atoms with van der Waals surface area (Å²) in [5.74, 6) is 0.735. The summed E-state index contributed by atoms with van der Waals surface area (Å²) in [7, 11) is 1.89. The average molecular weight is 450 g/mol. The predicted octanol–water partition coefficient (Wildman–Crippen LogP) is 2.91. The molecule has 0 saturated carbocycles. The highest BCUT2D eigenvalue weighted by atomic mass is 16.5. The first kappa shape index (κ1) is 21.6. The van der Waals surface area contributed by atoms with Gasteiger partial charge in [0.1, 0.15) is 23.5 Å². The summed E-state index contributed by atoms with van der Waals surface area (Å²) in [5, 5.41) is 4.31. The Morgan fingerprint density at radius 3 is 2.94 bits per heavy atom. The normalized spacial score (nSPS) is 20.3. The van der Waals surface area contributed by atoms with Gasteiger partial charge in [0.25, 0.3) is 5.91 Å². The Morgan fingerprint density at radius 2 is 2.03 bits per heavy atom. The Bertz CT molecular complexity index is 1150. The highest BCUT2D eigenvalue weighted by Gasteiger charge is 2.30. The second kappa shape index (κ2) is 9.29. The summed E-state index contributed by atoms with van der Waals surface area (Å²) in [6.45, 7) is 1.79. The third-order valence-corrected chi connectivity index (χ3v) is 6.83. The van der Waals surface area contributed by atoms with Crippen molar-refractivity contribution in [2.75, 3.05) is 26.2 Å². The lowest BCUT2D eigenvalue weighted by Gasteiger charge is -2.37. The van der Waals surface area contributed by atoms with E-state index in [0.29, 0.717) is 25.1 Å². The van der Waals surface area contributed by atoms with Crippen molar-refractivity contribution in [3.8, 4) is 5.75 Å². The monoisotopic (exact) mass is 449 g/mol. The summed E-state index contributed by atoms with van der Waals surface area (Å²) in [4.78, 5) is 30.7. The number of benzene rings is 1. The molecule has 0 aliphatic carbocycles. The topological polar surface area (TPSA) is 72.1 Å². The molecule has 1 unspecified atom stereocenters. The number of piperidine rings is 1. The van der Waals surface area contributed by atoms with Crippen LogP contribution in [-0.4, -0.2) is 68.1 Å². The van der Waals surface area contributed by atoms with Crippen LogP contribution in [0.3, 0.4) is 0 Å². The molecule has 5 rings (SSSR count). The molecule has 1 saturated heterocycles. The minimum absolute atomic E-state index is 0.0371. The van der Waals surface area contributed by atoms with E-state index in [1.807, 2.05) is 41.0 Å². The highest BCUT2D eigenvalue weighted by molar-refractivity contribution is 6.01. The number of nitrogens with zero attached hydrogens (tertiary/aromatic N) is 5. The van der Waals surface area contributed by atoms with Crippen LogP contribution in [0, 0.1) is 0 Å². The molecule has 3 aromatic rings. The number of ether oxygens (including phenoxy) is 1. The van der Waals surface area contributed by atoms with Crippen molar-refractivity contribution in [2.45, 2.75) is 44.6 Å². The zero-order valence-electron chi connectivity index (χ0n) is 19.2. The molecule has 2 aromatic heterocycles. The number of hydrogen-bond donors (Lipinski definition) is 0. The maximum Gasteiger partial charge on any atom is 0.259 e. The van der Waals surface area contributed by atoms with Crippen LogP contribution in [-0.2, 0) is 18.3 Å². The molecule has 0 radical (unpaired) electrons. The van der Waals surface area contributed by atoms with Crippen LogP contribution in [0.5, 0.6) is 5.75 Å². The molecule has 2 bridgehead atoms. The van der Waals surface area contributed by atoms with Crippen molar-refractivity contribution >= 4 is 17.5 Å². The molecule has 0 spiro atoms. The number of rotatable bonds is 1. The van der Waals surface area contributed by atoms with Crippen LogP contribution < -0.4 is 4.74 Å². The van der Waals surface area contributed by atoms with E-state index in [0.717, 1.165) is 50.0 Å². The van der Waals surface area contributed by atoms with Crippen LogP contribution in [0.15, 0.2) is 42.9 Å². The van der Waals surface area contributed by atoms with Crippen LogP contribution >= 0.6 is 0 Å². The molecule has 33 heavy (non-hydrogen) atoms. The van der Waals surface area contributed by atoms with E-state index in [4.69, 9.17) is 4.74 Å². The second-order valence-corrected chi connectivity index (χ2v) is 9.09. The van der Waals surface area contributed by atoms with Gasteiger partial charge in [-0.3, -0.25) is 9.59 Å². The third kappa shape index (κ3) is 4.47. The lowest BCUT2D eigenvalue weighted by Crippen LogP contribution is -2.49. The summed E-state index contributed by atoms with van der Waals surface area (Å²) < 4.78 is 9.54. The molecule has 4 heterocycles. The van der Waals surface area contributed by atoms with Crippen LogP contribution in [0.4, 0.5) is 0 Å². The Morgan fingerprint density at radius 1 is 1.12 bits per heavy atom. The van der Waals surface area contributed by atoms with Gasteiger partial charge in [-0.2, -0.15) is 5.10 Å². The van der Waals surface area contributed by atoms with Gasteiger partial charge in [0.2, 0.25) is 5.91 Å². The molecule has 8 nitrogen and oxygen atoms in total. The van der Waals surface area contributed by atoms with Crippen molar-refractivity contribution in [2.24, 2.45) is 7.05 Å². The fraction of sp³-hybridized carbons (Fsp3) is 0.480. The zero-order valence-corrected chi connectivity index (χ0v) is 19.2. The molecular weight excluding hydrogens is 418 g/mol. The van der Waals surface area contributed by atoms with Gasteiger partial charge < -0.3 is 19.1 Å².